The molecular formula is C24H18ClN3O2S. The van der Waals surface area contributed by atoms with E-state index in [0.717, 1.165) is 4.90 Å². The fraction of sp³-hybridized carbons (Fsp3) is 0.0417. The predicted molar refractivity (Wildman–Crippen MR) is 125 cm³/mol. The van der Waals surface area contributed by atoms with Crippen LogP contribution in [0.15, 0.2) is 89.5 Å². The standard InChI is InChI=1S/C24H18ClN3O2S/c25-19-9-4-6-17(14-19)15-22(28-23(29)18-7-2-1-3-8-18)24(30)27-20-10-5-11-21(16-20)31-13-12-26/h1-11,14-16H,13H2,(H,27,30)(H,28,29)/b22-15-. The lowest BCUT2D eigenvalue weighted by atomic mass is 10.1. The normalized spacial score (nSPS) is 10.8. The Morgan fingerprint density at radius 1 is 1.00 bits per heavy atom. The van der Waals surface area contributed by atoms with Crippen molar-refractivity contribution in [2.24, 2.45) is 0 Å². The van der Waals surface area contributed by atoms with Crippen LogP contribution in [-0.4, -0.2) is 17.6 Å². The summed E-state index contributed by atoms with van der Waals surface area (Å²) in [6, 6.07) is 24.8. The van der Waals surface area contributed by atoms with Crippen LogP contribution < -0.4 is 10.6 Å². The molecule has 0 spiro atoms. The number of benzene rings is 3. The van der Waals surface area contributed by atoms with Gasteiger partial charge in [-0.2, -0.15) is 5.26 Å². The Labute approximate surface area is 189 Å². The molecule has 0 saturated heterocycles. The van der Waals surface area contributed by atoms with Crippen molar-refractivity contribution in [2.45, 2.75) is 4.90 Å². The van der Waals surface area contributed by atoms with Gasteiger partial charge in [-0.3, -0.25) is 9.59 Å². The highest BCUT2D eigenvalue weighted by Crippen LogP contribution is 2.22. The van der Waals surface area contributed by atoms with Crippen LogP contribution in [-0.2, 0) is 4.79 Å². The van der Waals surface area contributed by atoms with Gasteiger partial charge in [0.2, 0.25) is 0 Å². The Bertz CT molecular complexity index is 1160. The molecular weight excluding hydrogens is 430 g/mol. The Morgan fingerprint density at radius 3 is 2.52 bits per heavy atom. The third-order valence-electron chi connectivity index (χ3n) is 4.08. The summed E-state index contributed by atoms with van der Waals surface area (Å²) >= 11 is 7.43. The first-order valence-electron chi connectivity index (χ1n) is 9.30. The number of hydrogen-bond acceptors (Lipinski definition) is 4. The van der Waals surface area contributed by atoms with Crippen LogP contribution in [0, 0.1) is 11.3 Å². The molecule has 2 N–H and O–H groups in total. The Balaban J connectivity index is 1.86. The summed E-state index contributed by atoms with van der Waals surface area (Å²) in [6.07, 6.45) is 1.57. The molecule has 3 aromatic carbocycles. The van der Waals surface area contributed by atoms with Crippen molar-refractivity contribution < 1.29 is 9.59 Å². The van der Waals surface area contributed by atoms with E-state index in [1.165, 1.54) is 11.8 Å². The second-order valence-electron chi connectivity index (χ2n) is 6.36. The number of anilines is 1. The molecule has 31 heavy (non-hydrogen) atoms. The van der Waals surface area contributed by atoms with Crippen molar-refractivity contribution in [3.63, 3.8) is 0 Å². The maximum absolute atomic E-state index is 13.0. The SMILES string of the molecule is N#CCSc1cccc(NC(=O)/C(=C/c2cccc(Cl)c2)NC(=O)c2ccccc2)c1. The fourth-order valence-corrected chi connectivity index (χ4v) is 3.50. The first-order chi connectivity index (χ1) is 15.0. The number of carbonyl (C=O) groups is 2. The minimum absolute atomic E-state index is 0.0752. The molecule has 0 heterocycles. The number of nitrogens with zero attached hydrogens (tertiary/aromatic N) is 1. The molecule has 0 atom stereocenters. The number of amides is 2. The zero-order valence-corrected chi connectivity index (χ0v) is 17.9. The van der Waals surface area contributed by atoms with E-state index in [-0.39, 0.29) is 5.70 Å². The lowest BCUT2D eigenvalue weighted by Crippen LogP contribution is -2.30. The quantitative estimate of drug-likeness (QED) is 0.377. The lowest BCUT2D eigenvalue weighted by molar-refractivity contribution is -0.113. The van der Waals surface area contributed by atoms with Crippen molar-refractivity contribution in [1.82, 2.24) is 5.32 Å². The van der Waals surface area contributed by atoms with E-state index in [2.05, 4.69) is 16.7 Å². The summed E-state index contributed by atoms with van der Waals surface area (Å²) in [5.41, 5.74) is 1.73. The highest BCUT2D eigenvalue weighted by atomic mass is 35.5. The third kappa shape index (κ3) is 6.75. The van der Waals surface area contributed by atoms with Crippen LogP contribution in [0.3, 0.4) is 0 Å². The van der Waals surface area contributed by atoms with Crippen LogP contribution in [0.1, 0.15) is 15.9 Å². The zero-order valence-electron chi connectivity index (χ0n) is 16.3. The van der Waals surface area contributed by atoms with Crippen molar-refractivity contribution in [1.29, 1.82) is 5.26 Å². The number of halogens is 1. The van der Waals surface area contributed by atoms with Gasteiger partial charge in [0.05, 0.1) is 11.8 Å². The second-order valence-corrected chi connectivity index (χ2v) is 7.85. The number of hydrogen-bond donors (Lipinski definition) is 2. The number of carbonyl (C=O) groups excluding carboxylic acids is 2. The molecule has 3 aromatic rings. The van der Waals surface area contributed by atoms with E-state index >= 15 is 0 Å². The largest absolute Gasteiger partial charge is 0.321 e. The summed E-state index contributed by atoms with van der Waals surface area (Å²) in [6.45, 7) is 0. The maximum Gasteiger partial charge on any atom is 0.272 e. The van der Waals surface area contributed by atoms with Crippen LogP contribution in [0.5, 0.6) is 0 Å². The van der Waals surface area contributed by atoms with Crippen LogP contribution >= 0.6 is 23.4 Å². The minimum atomic E-state index is -0.480. The molecule has 0 saturated carbocycles. The molecule has 0 aliphatic carbocycles. The first kappa shape index (κ1) is 22.2. The summed E-state index contributed by atoms with van der Waals surface area (Å²) in [7, 11) is 0. The summed E-state index contributed by atoms with van der Waals surface area (Å²) < 4.78 is 0. The number of rotatable bonds is 7. The van der Waals surface area contributed by atoms with Gasteiger partial charge >= 0.3 is 0 Å². The molecule has 0 radical (unpaired) electrons. The Hall–Kier alpha value is -3.53. The maximum atomic E-state index is 13.0. The Morgan fingerprint density at radius 2 is 1.77 bits per heavy atom. The summed E-state index contributed by atoms with van der Waals surface area (Å²) in [5.74, 6) is -0.571. The smallest absolute Gasteiger partial charge is 0.272 e. The van der Waals surface area contributed by atoms with E-state index in [9.17, 15) is 9.59 Å². The molecule has 7 heteroatoms. The average molecular weight is 448 g/mol. The number of thioether (sulfide) groups is 1. The molecule has 0 bridgehead atoms. The second kappa shape index (κ2) is 11.0. The fourth-order valence-electron chi connectivity index (χ4n) is 2.68. The average Bonchev–Trinajstić information content (AvgIpc) is 2.78. The first-order valence-corrected chi connectivity index (χ1v) is 10.7. The van der Waals surface area contributed by atoms with E-state index < -0.39 is 11.8 Å². The van der Waals surface area contributed by atoms with E-state index in [0.29, 0.717) is 27.6 Å². The molecule has 0 aromatic heterocycles. The highest BCUT2D eigenvalue weighted by Gasteiger charge is 2.15. The van der Waals surface area contributed by atoms with Gasteiger partial charge < -0.3 is 10.6 Å². The molecule has 0 aliphatic heterocycles. The van der Waals surface area contributed by atoms with Gasteiger partial charge in [-0.25, -0.2) is 0 Å². The predicted octanol–water partition coefficient (Wildman–Crippen LogP) is 5.37. The van der Waals surface area contributed by atoms with Gasteiger partial charge in [0.15, 0.2) is 0 Å². The molecule has 154 valence electrons. The van der Waals surface area contributed by atoms with Gasteiger partial charge in [0.1, 0.15) is 5.70 Å². The topological polar surface area (TPSA) is 82.0 Å². The monoisotopic (exact) mass is 447 g/mol. The van der Waals surface area contributed by atoms with Gasteiger partial charge in [-0.05, 0) is 54.1 Å². The van der Waals surface area contributed by atoms with E-state index in [4.69, 9.17) is 16.9 Å². The molecule has 2 amide bonds. The van der Waals surface area contributed by atoms with E-state index in [1.807, 2.05) is 12.1 Å². The lowest BCUT2D eigenvalue weighted by Gasteiger charge is -2.12. The highest BCUT2D eigenvalue weighted by molar-refractivity contribution is 7.99. The van der Waals surface area contributed by atoms with Crippen molar-refractivity contribution in [3.8, 4) is 6.07 Å². The summed E-state index contributed by atoms with van der Waals surface area (Å²) in [4.78, 5) is 26.5. The van der Waals surface area contributed by atoms with Crippen molar-refractivity contribution in [3.05, 3.63) is 101 Å². The molecule has 0 fully saturated rings. The van der Waals surface area contributed by atoms with Crippen molar-refractivity contribution in [2.75, 3.05) is 11.1 Å². The van der Waals surface area contributed by atoms with Gasteiger partial charge in [-0.15, -0.1) is 11.8 Å². The van der Waals surface area contributed by atoms with Gasteiger partial charge in [0, 0.05) is 21.2 Å². The Kier molecular flexibility index (Phi) is 7.88. The summed E-state index contributed by atoms with van der Waals surface area (Å²) in [5, 5.41) is 14.8. The third-order valence-corrected chi connectivity index (χ3v) is 5.18. The van der Waals surface area contributed by atoms with Crippen molar-refractivity contribution >= 4 is 46.9 Å². The minimum Gasteiger partial charge on any atom is -0.321 e. The molecule has 5 nitrogen and oxygen atoms in total. The van der Waals surface area contributed by atoms with Crippen LogP contribution in [0.4, 0.5) is 5.69 Å². The van der Waals surface area contributed by atoms with Crippen LogP contribution in [0.2, 0.25) is 5.02 Å². The molecule has 0 aliphatic rings. The van der Waals surface area contributed by atoms with Gasteiger partial charge in [-0.1, -0.05) is 48.0 Å². The number of nitrogens with one attached hydrogen (secondary N) is 2. The molecule has 0 unspecified atom stereocenters. The zero-order chi connectivity index (χ0) is 22.1. The van der Waals surface area contributed by atoms with E-state index in [1.54, 1.807) is 72.8 Å². The molecule has 3 rings (SSSR count). The number of nitriles is 1. The van der Waals surface area contributed by atoms with Gasteiger partial charge in [0.25, 0.3) is 11.8 Å². The van der Waals surface area contributed by atoms with Crippen LogP contribution in [0.25, 0.3) is 6.08 Å².